The summed E-state index contributed by atoms with van der Waals surface area (Å²) in [5, 5.41) is 0. The van der Waals surface area contributed by atoms with Gasteiger partial charge in [0.2, 0.25) is 0 Å². The molecule has 2 aliphatic rings. The molecule has 2 saturated carbocycles. The van der Waals surface area contributed by atoms with E-state index in [1.165, 1.54) is 38.6 Å². The first-order valence-corrected chi connectivity index (χ1v) is 7.14. The van der Waals surface area contributed by atoms with E-state index in [9.17, 15) is 0 Å². The van der Waals surface area contributed by atoms with Crippen molar-refractivity contribution in [2.75, 3.05) is 20.1 Å². The maximum atomic E-state index is 5.68. The lowest BCUT2D eigenvalue weighted by molar-refractivity contribution is 0.164. The molecule has 0 aromatic rings. The van der Waals surface area contributed by atoms with Crippen LogP contribution in [-0.2, 0) is 0 Å². The zero-order valence-electron chi connectivity index (χ0n) is 11.0. The van der Waals surface area contributed by atoms with Crippen LogP contribution in [0.25, 0.3) is 0 Å². The van der Waals surface area contributed by atoms with Gasteiger partial charge < -0.3 is 10.6 Å². The van der Waals surface area contributed by atoms with E-state index in [2.05, 4.69) is 18.9 Å². The fraction of sp³-hybridized carbons (Fsp3) is 1.00. The van der Waals surface area contributed by atoms with Crippen molar-refractivity contribution in [1.82, 2.24) is 4.90 Å². The van der Waals surface area contributed by atoms with E-state index in [4.69, 9.17) is 5.73 Å². The second kappa shape index (κ2) is 5.50. The van der Waals surface area contributed by atoms with Gasteiger partial charge in [0.15, 0.2) is 0 Å². The van der Waals surface area contributed by atoms with E-state index in [0.717, 1.165) is 30.7 Å². The Labute approximate surface area is 101 Å². The molecule has 0 aromatic carbocycles. The Morgan fingerprint density at radius 1 is 1.31 bits per heavy atom. The van der Waals surface area contributed by atoms with Crippen LogP contribution < -0.4 is 5.73 Å². The molecule has 0 aliphatic heterocycles. The Bertz CT molecular complexity index is 217. The van der Waals surface area contributed by atoms with Gasteiger partial charge in [-0.2, -0.15) is 0 Å². The molecule has 0 aromatic heterocycles. The highest BCUT2D eigenvalue weighted by Crippen LogP contribution is 2.48. The molecule has 16 heavy (non-hydrogen) atoms. The quantitative estimate of drug-likeness (QED) is 0.751. The van der Waals surface area contributed by atoms with Crippen LogP contribution in [0.4, 0.5) is 0 Å². The molecule has 2 N–H and O–H groups in total. The molecule has 2 rings (SSSR count). The van der Waals surface area contributed by atoms with Crippen molar-refractivity contribution in [1.29, 1.82) is 0 Å². The number of fused-ring (bicyclic) bond motifs is 2. The third-order valence-corrected chi connectivity index (χ3v) is 5.00. The number of nitrogens with two attached hydrogens (primary N) is 1. The van der Waals surface area contributed by atoms with Crippen LogP contribution in [-0.4, -0.2) is 31.1 Å². The van der Waals surface area contributed by atoms with E-state index in [-0.39, 0.29) is 0 Å². The second-order valence-corrected chi connectivity index (χ2v) is 6.01. The van der Waals surface area contributed by atoms with Gasteiger partial charge >= 0.3 is 0 Å². The van der Waals surface area contributed by atoms with Gasteiger partial charge in [0.1, 0.15) is 0 Å². The van der Waals surface area contributed by atoms with Crippen molar-refractivity contribution < 1.29 is 0 Å². The largest absolute Gasteiger partial charge is 0.330 e. The monoisotopic (exact) mass is 224 g/mol. The molecule has 2 aliphatic carbocycles. The molecule has 4 atom stereocenters. The third kappa shape index (κ3) is 2.60. The molecule has 2 heteroatoms. The first-order chi connectivity index (χ1) is 7.74. The van der Waals surface area contributed by atoms with E-state index in [0.29, 0.717) is 6.04 Å². The normalized spacial score (nSPS) is 34.9. The van der Waals surface area contributed by atoms with Crippen LogP contribution in [0.1, 0.15) is 45.4 Å². The number of hydrogen-bond acceptors (Lipinski definition) is 2. The summed E-state index contributed by atoms with van der Waals surface area (Å²) >= 11 is 0. The summed E-state index contributed by atoms with van der Waals surface area (Å²) in [7, 11) is 2.30. The first kappa shape index (κ1) is 12.4. The van der Waals surface area contributed by atoms with Crippen LogP contribution in [0.5, 0.6) is 0 Å². The van der Waals surface area contributed by atoms with Crippen LogP contribution in [0.15, 0.2) is 0 Å². The zero-order valence-corrected chi connectivity index (χ0v) is 11.0. The van der Waals surface area contributed by atoms with Crippen molar-refractivity contribution >= 4 is 0 Å². The fourth-order valence-electron chi connectivity index (χ4n) is 4.05. The van der Waals surface area contributed by atoms with Crippen molar-refractivity contribution in [3.63, 3.8) is 0 Å². The molecule has 0 heterocycles. The van der Waals surface area contributed by atoms with Crippen LogP contribution >= 0.6 is 0 Å². The zero-order chi connectivity index (χ0) is 11.5. The van der Waals surface area contributed by atoms with E-state index in [1.807, 2.05) is 0 Å². The van der Waals surface area contributed by atoms with Crippen molar-refractivity contribution in [2.24, 2.45) is 23.5 Å². The fourth-order valence-corrected chi connectivity index (χ4v) is 4.05. The van der Waals surface area contributed by atoms with Crippen molar-refractivity contribution in [3.8, 4) is 0 Å². The smallest absolute Gasteiger partial charge is 0.0102 e. The number of hydrogen-bond donors (Lipinski definition) is 1. The summed E-state index contributed by atoms with van der Waals surface area (Å²) < 4.78 is 0. The maximum Gasteiger partial charge on any atom is 0.0102 e. The van der Waals surface area contributed by atoms with E-state index < -0.39 is 0 Å². The lowest BCUT2D eigenvalue weighted by atomic mass is 9.88. The predicted octanol–water partition coefficient (Wildman–Crippen LogP) is 2.48. The standard InChI is InChI=1S/C14H28N2/c1-3-14(6-7-15)16(2)10-13-9-11-4-5-12(13)8-11/h11-14H,3-10,15H2,1-2H3. The summed E-state index contributed by atoms with van der Waals surface area (Å²) in [5.74, 6) is 3.14. The van der Waals surface area contributed by atoms with Crippen LogP contribution in [0.2, 0.25) is 0 Å². The van der Waals surface area contributed by atoms with Gasteiger partial charge in [-0.15, -0.1) is 0 Å². The molecule has 0 amide bonds. The van der Waals surface area contributed by atoms with Crippen LogP contribution in [0.3, 0.4) is 0 Å². The topological polar surface area (TPSA) is 29.3 Å². The summed E-state index contributed by atoms with van der Waals surface area (Å²) in [5.41, 5.74) is 5.68. The minimum atomic E-state index is 0.712. The lowest BCUT2D eigenvalue weighted by Crippen LogP contribution is -2.37. The second-order valence-electron chi connectivity index (χ2n) is 6.01. The third-order valence-electron chi connectivity index (χ3n) is 5.00. The molecule has 4 unspecified atom stereocenters. The van der Waals surface area contributed by atoms with Gasteiger partial charge in [0, 0.05) is 12.6 Å². The summed E-state index contributed by atoms with van der Waals surface area (Å²) in [6.45, 7) is 4.44. The Hall–Kier alpha value is -0.0800. The first-order valence-electron chi connectivity index (χ1n) is 7.14. The number of nitrogens with zero attached hydrogens (tertiary/aromatic N) is 1. The average molecular weight is 224 g/mol. The van der Waals surface area contributed by atoms with Gasteiger partial charge in [-0.25, -0.2) is 0 Å². The van der Waals surface area contributed by atoms with Crippen molar-refractivity contribution in [2.45, 2.75) is 51.5 Å². The summed E-state index contributed by atoms with van der Waals surface area (Å²) in [6.07, 6.45) is 8.48. The van der Waals surface area contributed by atoms with Crippen LogP contribution in [0, 0.1) is 17.8 Å². The molecule has 0 saturated heterocycles. The molecule has 94 valence electrons. The van der Waals surface area contributed by atoms with Gasteiger partial charge in [-0.3, -0.25) is 0 Å². The van der Waals surface area contributed by atoms with Gasteiger partial charge in [-0.05, 0) is 63.5 Å². The molecule has 2 fully saturated rings. The molecule has 0 radical (unpaired) electrons. The lowest BCUT2D eigenvalue weighted by Gasteiger charge is -2.32. The highest BCUT2D eigenvalue weighted by atomic mass is 15.1. The summed E-state index contributed by atoms with van der Waals surface area (Å²) in [6, 6.07) is 0.712. The van der Waals surface area contributed by atoms with E-state index in [1.54, 1.807) is 0 Å². The van der Waals surface area contributed by atoms with Gasteiger partial charge in [-0.1, -0.05) is 13.3 Å². The Morgan fingerprint density at radius 2 is 2.12 bits per heavy atom. The Kier molecular flexibility index (Phi) is 4.26. The van der Waals surface area contributed by atoms with E-state index >= 15 is 0 Å². The number of rotatable bonds is 6. The minimum Gasteiger partial charge on any atom is -0.330 e. The molecule has 2 nitrogen and oxygen atoms in total. The Balaban J connectivity index is 1.79. The van der Waals surface area contributed by atoms with Crippen molar-refractivity contribution in [3.05, 3.63) is 0 Å². The van der Waals surface area contributed by atoms with Gasteiger partial charge in [0.25, 0.3) is 0 Å². The average Bonchev–Trinajstić information content (AvgIpc) is 2.87. The SMILES string of the molecule is CCC(CCN)N(C)CC1CC2CCC1C2. The Morgan fingerprint density at radius 3 is 2.62 bits per heavy atom. The molecule has 0 spiro atoms. The molecule has 2 bridgehead atoms. The molecular formula is C14H28N2. The predicted molar refractivity (Wildman–Crippen MR) is 69.3 cm³/mol. The maximum absolute atomic E-state index is 5.68. The van der Waals surface area contributed by atoms with Gasteiger partial charge in [0.05, 0.1) is 0 Å². The minimum absolute atomic E-state index is 0.712. The summed E-state index contributed by atoms with van der Waals surface area (Å²) in [4.78, 5) is 2.58. The molecular weight excluding hydrogens is 196 g/mol. The highest BCUT2D eigenvalue weighted by Gasteiger charge is 2.39. The highest BCUT2D eigenvalue weighted by molar-refractivity contribution is 4.91.